The van der Waals surface area contributed by atoms with E-state index in [-0.39, 0.29) is 12.2 Å². The number of carbonyl (C=O) groups is 1. The van der Waals surface area contributed by atoms with Gasteiger partial charge in [-0.25, -0.2) is 0 Å². The van der Waals surface area contributed by atoms with E-state index in [1.165, 1.54) is 0 Å². The van der Waals surface area contributed by atoms with Gasteiger partial charge in [0.2, 0.25) is 0 Å². The molecule has 0 aliphatic heterocycles. The first-order valence-corrected chi connectivity index (χ1v) is 6.77. The van der Waals surface area contributed by atoms with Crippen LogP contribution in [0, 0.1) is 0 Å². The fourth-order valence-electron chi connectivity index (χ4n) is 2.06. The Morgan fingerprint density at radius 3 is 2.39 bits per heavy atom. The largest absolute Gasteiger partial charge is 0.370 e. The number of carbonyl (C=O) groups excluding carboxylic acids is 1. The molecule has 0 aliphatic rings. The summed E-state index contributed by atoms with van der Waals surface area (Å²) in [5.74, 6) is 0.0409. The van der Waals surface area contributed by atoms with Crippen molar-refractivity contribution in [1.29, 1.82) is 0 Å². The van der Waals surface area contributed by atoms with Crippen LogP contribution in [0.4, 0.5) is 0 Å². The predicted molar refractivity (Wildman–Crippen MR) is 75.5 cm³/mol. The van der Waals surface area contributed by atoms with E-state index in [4.69, 9.17) is 27.9 Å². The van der Waals surface area contributed by atoms with Crippen LogP contribution in [-0.2, 0) is 16.0 Å². The third-order valence-electron chi connectivity index (χ3n) is 3.40. The minimum atomic E-state index is -0.717. The number of ketones is 1. The molecule has 0 saturated carbocycles. The third kappa shape index (κ3) is 3.25. The lowest BCUT2D eigenvalue weighted by molar-refractivity contribution is -0.141. The summed E-state index contributed by atoms with van der Waals surface area (Å²) in [7, 11) is 1.57. The first kappa shape index (κ1) is 15.5. The molecule has 0 amide bonds. The average molecular weight is 289 g/mol. The lowest BCUT2D eigenvalue weighted by Gasteiger charge is -2.28. The molecule has 4 heteroatoms. The van der Waals surface area contributed by atoms with Gasteiger partial charge in [0.25, 0.3) is 0 Å². The summed E-state index contributed by atoms with van der Waals surface area (Å²) in [6.45, 7) is 3.90. The van der Waals surface area contributed by atoms with Crippen molar-refractivity contribution in [1.82, 2.24) is 0 Å². The lowest BCUT2D eigenvalue weighted by Crippen LogP contribution is -2.40. The smallest absolute Gasteiger partial charge is 0.168 e. The highest BCUT2D eigenvalue weighted by Crippen LogP contribution is 2.26. The Balaban J connectivity index is 2.96. The van der Waals surface area contributed by atoms with E-state index in [1.807, 2.05) is 13.8 Å². The lowest BCUT2D eigenvalue weighted by atomic mass is 9.88. The summed E-state index contributed by atoms with van der Waals surface area (Å²) in [6, 6.07) is 5.15. The van der Waals surface area contributed by atoms with Gasteiger partial charge in [-0.1, -0.05) is 37.0 Å². The summed E-state index contributed by atoms with van der Waals surface area (Å²) in [4.78, 5) is 12.4. The molecular formula is C14H18Cl2O2. The van der Waals surface area contributed by atoms with E-state index < -0.39 is 5.60 Å². The van der Waals surface area contributed by atoms with Gasteiger partial charge in [-0.3, -0.25) is 4.79 Å². The number of Topliss-reactive ketones (excluding diaryl/α,β-unsaturated/α-hetero) is 1. The van der Waals surface area contributed by atoms with Crippen LogP contribution in [0.1, 0.15) is 32.3 Å². The molecule has 0 aliphatic carbocycles. The van der Waals surface area contributed by atoms with E-state index in [9.17, 15) is 4.79 Å². The van der Waals surface area contributed by atoms with Gasteiger partial charge >= 0.3 is 0 Å². The fraction of sp³-hybridized carbons (Fsp3) is 0.500. The van der Waals surface area contributed by atoms with Crippen LogP contribution in [0.25, 0.3) is 0 Å². The topological polar surface area (TPSA) is 26.3 Å². The molecule has 0 fully saturated rings. The molecule has 0 N–H and O–H groups in total. The normalized spacial score (nSPS) is 11.6. The molecule has 0 spiro atoms. The Morgan fingerprint density at radius 1 is 1.28 bits per heavy atom. The molecule has 1 aromatic rings. The molecule has 0 heterocycles. The standard InChI is InChI=1S/C14H18Cl2O2/c1-4-14(5-2,18-3)13(17)9-10-8-11(15)6-7-12(10)16/h6-8H,4-5,9H2,1-3H3. The summed E-state index contributed by atoms with van der Waals surface area (Å²) < 4.78 is 5.41. The van der Waals surface area contributed by atoms with Gasteiger partial charge in [-0.05, 0) is 36.6 Å². The van der Waals surface area contributed by atoms with Crippen LogP contribution < -0.4 is 0 Å². The van der Waals surface area contributed by atoms with Gasteiger partial charge < -0.3 is 4.74 Å². The van der Waals surface area contributed by atoms with Gasteiger partial charge in [0.1, 0.15) is 5.60 Å². The minimum absolute atomic E-state index is 0.0409. The Bertz CT molecular complexity index is 418. The van der Waals surface area contributed by atoms with Crippen LogP contribution >= 0.6 is 23.2 Å². The number of rotatable bonds is 6. The van der Waals surface area contributed by atoms with Crippen molar-refractivity contribution >= 4 is 29.0 Å². The maximum Gasteiger partial charge on any atom is 0.168 e. The molecule has 0 saturated heterocycles. The van der Waals surface area contributed by atoms with Crippen molar-refractivity contribution in [2.45, 2.75) is 38.7 Å². The first-order chi connectivity index (χ1) is 8.49. The highest BCUT2D eigenvalue weighted by Gasteiger charge is 2.34. The van der Waals surface area contributed by atoms with Crippen LogP contribution in [-0.4, -0.2) is 18.5 Å². The zero-order valence-electron chi connectivity index (χ0n) is 10.9. The molecule has 0 radical (unpaired) electrons. The molecule has 0 unspecified atom stereocenters. The second-order valence-electron chi connectivity index (χ2n) is 4.24. The first-order valence-electron chi connectivity index (χ1n) is 6.01. The minimum Gasteiger partial charge on any atom is -0.370 e. The summed E-state index contributed by atoms with van der Waals surface area (Å²) in [5, 5.41) is 1.14. The molecule has 2 nitrogen and oxygen atoms in total. The highest BCUT2D eigenvalue weighted by atomic mass is 35.5. The Labute approximate surface area is 118 Å². The number of halogens is 2. The second-order valence-corrected chi connectivity index (χ2v) is 5.08. The SMILES string of the molecule is CCC(CC)(OC)C(=O)Cc1cc(Cl)ccc1Cl. The maximum atomic E-state index is 12.4. The number of hydrogen-bond acceptors (Lipinski definition) is 2. The van der Waals surface area contributed by atoms with Gasteiger partial charge in [-0.2, -0.15) is 0 Å². The van der Waals surface area contributed by atoms with Crippen molar-refractivity contribution in [3.63, 3.8) is 0 Å². The Hall–Kier alpha value is -0.570. The van der Waals surface area contributed by atoms with Crippen molar-refractivity contribution in [2.75, 3.05) is 7.11 Å². The molecule has 0 atom stereocenters. The molecule has 100 valence electrons. The summed E-state index contributed by atoms with van der Waals surface area (Å²) in [6.07, 6.45) is 1.54. The maximum absolute atomic E-state index is 12.4. The Kier molecular flexibility index (Phi) is 5.64. The quantitative estimate of drug-likeness (QED) is 0.780. The fourth-order valence-corrected chi connectivity index (χ4v) is 2.44. The Morgan fingerprint density at radius 2 is 1.89 bits per heavy atom. The zero-order valence-corrected chi connectivity index (χ0v) is 12.4. The molecular weight excluding hydrogens is 271 g/mol. The molecule has 0 bridgehead atoms. The van der Waals surface area contributed by atoms with Crippen LogP contribution in [0.5, 0.6) is 0 Å². The van der Waals surface area contributed by atoms with Gasteiger partial charge in [0, 0.05) is 23.6 Å². The van der Waals surface area contributed by atoms with E-state index in [0.29, 0.717) is 22.9 Å². The van der Waals surface area contributed by atoms with Crippen LogP contribution in [0.15, 0.2) is 18.2 Å². The average Bonchev–Trinajstić information content (AvgIpc) is 2.37. The van der Waals surface area contributed by atoms with Crippen molar-refractivity contribution in [2.24, 2.45) is 0 Å². The van der Waals surface area contributed by atoms with Crippen molar-refractivity contribution in [3.05, 3.63) is 33.8 Å². The summed E-state index contributed by atoms with van der Waals surface area (Å²) in [5.41, 5.74) is 0.0311. The molecule has 1 rings (SSSR count). The van der Waals surface area contributed by atoms with E-state index in [1.54, 1.807) is 25.3 Å². The van der Waals surface area contributed by atoms with Crippen molar-refractivity contribution < 1.29 is 9.53 Å². The number of ether oxygens (including phenoxy) is 1. The zero-order chi connectivity index (χ0) is 13.8. The number of hydrogen-bond donors (Lipinski definition) is 0. The van der Waals surface area contributed by atoms with E-state index in [2.05, 4.69) is 0 Å². The molecule has 0 aromatic heterocycles. The number of methoxy groups -OCH3 is 1. The van der Waals surface area contributed by atoms with E-state index in [0.717, 1.165) is 5.56 Å². The van der Waals surface area contributed by atoms with Crippen LogP contribution in [0.3, 0.4) is 0 Å². The van der Waals surface area contributed by atoms with E-state index >= 15 is 0 Å². The molecule has 1 aromatic carbocycles. The second kappa shape index (κ2) is 6.55. The summed E-state index contributed by atoms with van der Waals surface area (Å²) >= 11 is 12.0. The molecule has 18 heavy (non-hydrogen) atoms. The van der Waals surface area contributed by atoms with Gasteiger partial charge in [0.15, 0.2) is 5.78 Å². The number of benzene rings is 1. The van der Waals surface area contributed by atoms with Gasteiger partial charge in [0.05, 0.1) is 0 Å². The predicted octanol–water partition coefficient (Wildman–Crippen LogP) is 4.31. The van der Waals surface area contributed by atoms with Crippen molar-refractivity contribution in [3.8, 4) is 0 Å². The highest BCUT2D eigenvalue weighted by molar-refractivity contribution is 6.33. The van der Waals surface area contributed by atoms with Gasteiger partial charge in [-0.15, -0.1) is 0 Å². The monoisotopic (exact) mass is 288 g/mol. The third-order valence-corrected chi connectivity index (χ3v) is 4.00. The van der Waals surface area contributed by atoms with Crippen LogP contribution in [0.2, 0.25) is 10.0 Å².